The van der Waals surface area contributed by atoms with Crippen LogP contribution in [0.2, 0.25) is 0 Å². The lowest BCUT2D eigenvalue weighted by Gasteiger charge is -2.14. The number of hydrogen-bond acceptors (Lipinski definition) is 5. The van der Waals surface area contributed by atoms with Gasteiger partial charge >= 0.3 is 0 Å². The van der Waals surface area contributed by atoms with Crippen molar-refractivity contribution in [1.82, 2.24) is 19.8 Å². The molecule has 3 aromatic rings. The average Bonchev–Trinajstić information content (AvgIpc) is 3.04. The van der Waals surface area contributed by atoms with Gasteiger partial charge in [0.25, 0.3) is 0 Å². The van der Waals surface area contributed by atoms with E-state index < -0.39 is 9.05 Å². The first-order valence-electron chi connectivity index (χ1n) is 7.85. The lowest BCUT2D eigenvalue weighted by atomic mass is 9.93. The highest BCUT2D eigenvalue weighted by atomic mass is 35.7. The van der Waals surface area contributed by atoms with Crippen LogP contribution in [0.4, 0.5) is 5.69 Å². The Hall–Kier alpha value is -2.06. The second-order valence-electron chi connectivity index (χ2n) is 6.88. The number of hydrogen-bond donors (Lipinski definition) is 2. The van der Waals surface area contributed by atoms with Gasteiger partial charge in [0, 0.05) is 45.7 Å². The molecule has 9 heteroatoms. The molecule has 25 heavy (non-hydrogen) atoms. The van der Waals surface area contributed by atoms with Crippen LogP contribution in [0.15, 0.2) is 30.3 Å². The molecule has 7 nitrogen and oxygen atoms in total. The summed E-state index contributed by atoms with van der Waals surface area (Å²) in [5.74, 6) is 0.459. The fourth-order valence-electron chi connectivity index (χ4n) is 2.37. The first kappa shape index (κ1) is 17.8. The minimum atomic E-state index is -3.51. The number of aromatic amines is 1. The molecule has 2 heterocycles. The van der Waals surface area contributed by atoms with Crippen molar-refractivity contribution in [2.45, 2.75) is 26.2 Å². The Morgan fingerprint density at radius 2 is 2.04 bits per heavy atom. The van der Waals surface area contributed by atoms with Crippen molar-refractivity contribution in [1.29, 1.82) is 0 Å². The van der Waals surface area contributed by atoms with Gasteiger partial charge in [-0.2, -0.15) is 4.63 Å². The summed E-state index contributed by atoms with van der Waals surface area (Å²) in [4.78, 5) is 4.55. The first-order chi connectivity index (χ1) is 11.6. The fraction of sp³-hybridized carbons (Fsp3) is 0.375. The molecule has 0 unspecified atom stereocenters. The zero-order valence-corrected chi connectivity index (χ0v) is 15.8. The summed E-state index contributed by atoms with van der Waals surface area (Å²) >= 11 is 0. The smallest absolute Gasteiger partial charge is 0.234 e. The molecule has 0 amide bonds. The van der Waals surface area contributed by atoms with Gasteiger partial charge < -0.3 is 5.32 Å². The second-order valence-corrected chi connectivity index (χ2v) is 9.77. The Kier molecular flexibility index (Phi) is 4.51. The molecule has 1 aromatic carbocycles. The number of rotatable bonds is 5. The Morgan fingerprint density at radius 3 is 2.68 bits per heavy atom. The molecule has 0 bridgehead atoms. The van der Waals surface area contributed by atoms with Gasteiger partial charge in [-0.3, -0.25) is 5.10 Å². The topological polar surface area (TPSA) is 92.2 Å². The van der Waals surface area contributed by atoms with Crippen LogP contribution in [0.3, 0.4) is 0 Å². The quantitative estimate of drug-likeness (QED) is 0.663. The van der Waals surface area contributed by atoms with Crippen molar-refractivity contribution in [3.8, 4) is 11.4 Å². The van der Waals surface area contributed by atoms with Crippen LogP contribution in [-0.4, -0.2) is 40.5 Å². The van der Waals surface area contributed by atoms with Gasteiger partial charge in [-0.15, -0.1) is 5.10 Å². The molecule has 134 valence electrons. The number of fused-ring (bicyclic) bond motifs is 1. The van der Waals surface area contributed by atoms with Crippen LogP contribution in [0, 0.1) is 0 Å². The van der Waals surface area contributed by atoms with Gasteiger partial charge in [0.15, 0.2) is 11.5 Å². The largest absolute Gasteiger partial charge is 0.384 e. The van der Waals surface area contributed by atoms with E-state index in [1.54, 1.807) is 4.63 Å². The third-order valence-electron chi connectivity index (χ3n) is 3.74. The molecule has 2 aromatic heterocycles. The molecular formula is C16H20ClN5O2S. The average molecular weight is 382 g/mol. The number of halogens is 1. The zero-order chi connectivity index (χ0) is 18.2. The van der Waals surface area contributed by atoms with Crippen LogP contribution in [-0.2, 0) is 14.5 Å². The van der Waals surface area contributed by atoms with E-state index in [-0.39, 0.29) is 17.7 Å². The fourth-order valence-corrected chi connectivity index (χ4v) is 2.94. The van der Waals surface area contributed by atoms with Crippen molar-refractivity contribution in [2.24, 2.45) is 0 Å². The third-order valence-corrected chi connectivity index (χ3v) is 4.89. The van der Waals surface area contributed by atoms with Crippen LogP contribution in [0.5, 0.6) is 0 Å². The number of nitrogens with zero attached hydrogens (tertiary/aromatic N) is 3. The van der Waals surface area contributed by atoms with Crippen LogP contribution in [0.25, 0.3) is 17.0 Å². The van der Waals surface area contributed by atoms with Crippen LogP contribution in [0.1, 0.15) is 26.5 Å². The van der Waals surface area contributed by atoms with Crippen molar-refractivity contribution in [2.75, 3.05) is 17.6 Å². The Bertz CT molecular complexity index is 970. The number of H-pyrrole nitrogens is 1. The first-order valence-corrected chi connectivity index (χ1v) is 10.3. The van der Waals surface area contributed by atoms with E-state index in [2.05, 4.69) is 41.3 Å². The highest BCUT2D eigenvalue weighted by Crippen LogP contribution is 2.24. The highest BCUT2D eigenvalue weighted by Gasteiger charge is 2.18. The number of nitrogens with one attached hydrogen (secondary N) is 2. The SMILES string of the molecule is CC(C)(C)c1cc2nc(-c3cccc(NCCS(=O)(=O)Cl)c3)nn2[nH]1. The third kappa shape index (κ3) is 4.32. The van der Waals surface area contributed by atoms with E-state index >= 15 is 0 Å². The second kappa shape index (κ2) is 6.34. The Morgan fingerprint density at radius 1 is 1.28 bits per heavy atom. The summed E-state index contributed by atoms with van der Waals surface area (Å²) in [6, 6.07) is 9.49. The standard InChI is InChI=1S/C16H20ClN5O2S/c1-16(2,3)13-10-14-19-15(21-22(14)20-13)11-5-4-6-12(9-11)18-7-8-25(17,23)24/h4-6,9-10,18,20H,7-8H2,1-3H3. The van der Waals surface area contributed by atoms with Gasteiger partial charge in [0.1, 0.15) is 0 Å². The van der Waals surface area contributed by atoms with Gasteiger partial charge in [0.05, 0.1) is 5.75 Å². The monoisotopic (exact) mass is 381 g/mol. The summed E-state index contributed by atoms with van der Waals surface area (Å²) in [5.41, 5.74) is 3.44. The summed E-state index contributed by atoms with van der Waals surface area (Å²) in [5, 5.41) is 10.8. The predicted octanol–water partition coefficient (Wildman–Crippen LogP) is 3.00. The minimum Gasteiger partial charge on any atom is -0.384 e. The summed E-state index contributed by atoms with van der Waals surface area (Å²) < 4.78 is 23.6. The lowest BCUT2D eigenvalue weighted by Crippen LogP contribution is -2.12. The number of benzene rings is 1. The van der Waals surface area contributed by atoms with E-state index in [9.17, 15) is 8.42 Å². The van der Waals surface area contributed by atoms with E-state index in [0.29, 0.717) is 5.82 Å². The molecule has 0 aliphatic heterocycles. The van der Waals surface area contributed by atoms with E-state index in [1.807, 2.05) is 30.3 Å². The normalized spacial score (nSPS) is 12.6. The van der Waals surface area contributed by atoms with Crippen molar-refractivity contribution in [3.63, 3.8) is 0 Å². The van der Waals surface area contributed by atoms with Gasteiger partial charge in [0.2, 0.25) is 9.05 Å². The minimum absolute atomic E-state index is 0.00482. The van der Waals surface area contributed by atoms with Crippen molar-refractivity contribution >= 4 is 31.1 Å². The summed E-state index contributed by atoms with van der Waals surface area (Å²) in [6.45, 7) is 6.60. The molecule has 0 saturated heterocycles. The molecule has 0 radical (unpaired) electrons. The lowest BCUT2D eigenvalue weighted by molar-refractivity contribution is 0.557. The molecule has 0 fully saturated rings. The van der Waals surface area contributed by atoms with Crippen LogP contribution >= 0.6 is 10.7 Å². The molecule has 2 N–H and O–H groups in total. The van der Waals surface area contributed by atoms with Crippen LogP contribution < -0.4 is 5.32 Å². The maximum absolute atomic E-state index is 11.0. The maximum atomic E-state index is 11.0. The molecule has 0 spiro atoms. The molecule has 0 saturated carbocycles. The molecular weight excluding hydrogens is 362 g/mol. The predicted molar refractivity (Wildman–Crippen MR) is 99.6 cm³/mol. The van der Waals surface area contributed by atoms with E-state index in [1.165, 1.54) is 0 Å². The van der Waals surface area contributed by atoms with Gasteiger partial charge in [-0.1, -0.05) is 32.9 Å². The van der Waals surface area contributed by atoms with E-state index in [0.717, 1.165) is 22.6 Å². The molecule has 0 aliphatic rings. The number of aromatic nitrogens is 4. The summed E-state index contributed by atoms with van der Waals surface area (Å²) in [6.07, 6.45) is 0. The zero-order valence-electron chi connectivity index (χ0n) is 14.2. The number of anilines is 1. The maximum Gasteiger partial charge on any atom is 0.234 e. The Labute approximate surface area is 150 Å². The molecule has 0 atom stereocenters. The van der Waals surface area contributed by atoms with Crippen molar-refractivity contribution in [3.05, 3.63) is 36.0 Å². The van der Waals surface area contributed by atoms with E-state index in [4.69, 9.17) is 10.7 Å². The summed E-state index contributed by atoms with van der Waals surface area (Å²) in [7, 11) is 1.70. The van der Waals surface area contributed by atoms with Gasteiger partial charge in [-0.25, -0.2) is 13.4 Å². The Balaban J connectivity index is 1.81. The highest BCUT2D eigenvalue weighted by molar-refractivity contribution is 8.13. The van der Waals surface area contributed by atoms with Crippen molar-refractivity contribution < 1.29 is 8.42 Å². The molecule has 0 aliphatic carbocycles. The van der Waals surface area contributed by atoms with Gasteiger partial charge in [-0.05, 0) is 12.1 Å². The molecule has 3 rings (SSSR count).